The molecule has 30 heavy (non-hydrogen) atoms. The molecular formula is C20H22N4O5S. The lowest BCUT2D eigenvalue weighted by Gasteiger charge is -2.30. The van der Waals surface area contributed by atoms with E-state index in [9.17, 15) is 22.8 Å². The number of nitrogens with zero attached hydrogens (tertiary/aromatic N) is 3. The molecule has 1 atom stereocenters. The Balaban J connectivity index is 1.69. The van der Waals surface area contributed by atoms with Gasteiger partial charge < -0.3 is 15.0 Å². The van der Waals surface area contributed by atoms with Crippen LogP contribution in [0.15, 0.2) is 42.7 Å². The summed E-state index contributed by atoms with van der Waals surface area (Å²) in [5, 5.41) is 2.68. The number of aromatic nitrogens is 2. The van der Waals surface area contributed by atoms with Gasteiger partial charge in [0.05, 0.1) is 11.5 Å². The van der Waals surface area contributed by atoms with Crippen LogP contribution in [0.25, 0.3) is 11.4 Å². The van der Waals surface area contributed by atoms with Crippen molar-refractivity contribution in [3.63, 3.8) is 0 Å². The Morgan fingerprint density at radius 1 is 1.10 bits per heavy atom. The molecule has 1 fully saturated rings. The minimum Gasteiger partial charge on any atom is -0.340 e. The van der Waals surface area contributed by atoms with Crippen molar-refractivity contribution in [2.45, 2.75) is 18.9 Å². The minimum absolute atomic E-state index is 0.0837. The lowest BCUT2D eigenvalue weighted by Crippen LogP contribution is -2.52. The summed E-state index contributed by atoms with van der Waals surface area (Å²) in [6.45, 7) is 0.167. The number of rotatable bonds is 7. The van der Waals surface area contributed by atoms with Gasteiger partial charge >= 0.3 is 0 Å². The molecule has 0 saturated carbocycles. The van der Waals surface area contributed by atoms with E-state index < -0.39 is 21.8 Å². The number of amides is 2. The van der Waals surface area contributed by atoms with Crippen LogP contribution >= 0.6 is 0 Å². The lowest BCUT2D eigenvalue weighted by atomic mass is 10.1. The first-order valence-corrected chi connectivity index (χ1v) is 11.3. The summed E-state index contributed by atoms with van der Waals surface area (Å²) in [4.78, 5) is 46.0. The van der Waals surface area contributed by atoms with E-state index >= 15 is 0 Å². The molecule has 1 saturated heterocycles. The van der Waals surface area contributed by atoms with E-state index in [0.717, 1.165) is 5.56 Å². The zero-order chi connectivity index (χ0) is 21.6. The summed E-state index contributed by atoms with van der Waals surface area (Å²) < 4.78 is 23.2. The maximum Gasteiger partial charge on any atom is 0.251 e. The Bertz CT molecular complexity index is 995. The molecule has 0 spiro atoms. The smallest absolute Gasteiger partial charge is 0.251 e. The van der Waals surface area contributed by atoms with Gasteiger partial charge in [0.15, 0.2) is 15.7 Å². The molecule has 0 unspecified atom stereocenters. The average molecular weight is 430 g/mol. The molecule has 0 bridgehead atoms. The fraction of sp³-hybridized carbons (Fsp3) is 0.350. The van der Waals surface area contributed by atoms with Crippen LogP contribution < -0.4 is 5.32 Å². The van der Waals surface area contributed by atoms with E-state index in [0.29, 0.717) is 17.7 Å². The topological polar surface area (TPSA) is 126 Å². The summed E-state index contributed by atoms with van der Waals surface area (Å²) in [6.07, 6.45) is 4.18. The molecular weight excluding hydrogens is 408 g/mol. The number of benzene rings is 1. The van der Waals surface area contributed by atoms with Crippen LogP contribution in [-0.4, -0.2) is 72.0 Å². The maximum atomic E-state index is 12.8. The van der Waals surface area contributed by atoms with E-state index in [1.54, 1.807) is 42.7 Å². The predicted molar refractivity (Wildman–Crippen MR) is 109 cm³/mol. The fourth-order valence-electron chi connectivity index (χ4n) is 3.11. The third-order valence-corrected chi connectivity index (χ3v) is 6.41. The van der Waals surface area contributed by atoms with E-state index in [4.69, 9.17) is 0 Å². The molecule has 1 aliphatic heterocycles. The summed E-state index contributed by atoms with van der Waals surface area (Å²) in [7, 11) is -3.13. The van der Waals surface area contributed by atoms with Gasteiger partial charge in [0.25, 0.3) is 5.91 Å². The molecule has 1 N–H and O–H groups in total. The fourth-order valence-corrected chi connectivity index (χ4v) is 4.31. The molecule has 9 nitrogen and oxygen atoms in total. The Kier molecular flexibility index (Phi) is 6.88. The Morgan fingerprint density at radius 3 is 2.33 bits per heavy atom. The molecule has 158 valence electrons. The highest BCUT2D eigenvalue weighted by Gasteiger charge is 2.30. The first kappa shape index (κ1) is 21.6. The second-order valence-corrected chi connectivity index (χ2v) is 9.20. The quantitative estimate of drug-likeness (QED) is 0.633. The molecule has 1 aliphatic rings. The van der Waals surface area contributed by atoms with Gasteiger partial charge in [-0.2, -0.15) is 0 Å². The van der Waals surface area contributed by atoms with Gasteiger partial charge in [-0.1, -0.05) is 12.1 Å². The third kappa shape index (κ3) is 5.47. The second kappa shape index (κ2) is 9.57. The van der Waals surface area contributed by atoms with E-state index in [1.807, 2.05) is 0 Å². The number of hydrogen-bond donors (Lipinski definition) is 1. The number of aldehydes is 1. The normalized spacial score (nSPS) is 16.5. The summed E-state index contributed by atoms with van der Waals surface area (Å²) >= 11 is 0. The van der Waals surface area contributed by atoms with E-state index in [2.05, 4.69) is 15.3 Å². The van der Waals surface area contributed by atoms with Crippen molar-refractivity contribution in [1.82, 2.24) is 20.2 Å². The average Bonchev–Trinajstić information content (AvgIpc) is 2.76. The number of nitrogens with one attached hydrogen (secondary N) is 1. The van der Waals surface area contributed by atoms with Gasteiger partial charge in [0.1, 0.15) is 12.3 Å². The molecule has 2 amide bonds. The number of carbonyl (C=O) groups excluding carboxylic acids is 3. The second-order valence-electron chi connectivity index (χ2n) is 6.90. The van der Waals surface area contributed by atoms with Gasteiger partial charge in [-0.3, -0.25) is 9.59 Å². The predicted octanol–water partition coefficient (Wildman–Crippen LogP) is 0.478. The van der Waals surface area contributed by atoms with Gasteiger partial charge in [0, 0.05) is 43.0 Å². The molecule has 1 aromatic heterocycles. The highest BCUT2D eigenvalue weighted by Crippen LogP contribution is 2.15. The Labute approximate surface area is 174 Å². The zero-order valence-electron chi connectivity index (χ0n) is 16.2. The molecule has 2 aromatic rings. The van der Waals surface area contributed by atoms with Gasteiger partial charge in [0.2, 0.25) is 5.91 Å². The molecule has 0 radical (unpaired) electrons. The summed E-state index contributed by atoms with van der Waals surface area (Å²) in [5.74, 6) is -0.506. The third-order valence-electron chi connectivity index (χ3n) is 4.80. The van der Waals surface area contributed by atoms with Crippen molar-refractivity contribution in [2.75, 3.05) is 24.6 Å². The monoisotopic (exact) mass is 430 g/mol. The van der Waals surface area contributed by atoms with Gasteiger partial charge in [-0.25, -0.2) is 18.4 Å². The summed E-state index contributed by atoms with van der Waals surface area (Å²) in [5.41, 5.74) is 1.09. The van der Waals surface area contributed by atoms with Crippen molar-refractivity contribution >= 4 is 27.9 Å². The SMILES string of the molecule is O=CCC[C@H](NC(=O)c1ccc(-c2ncccn2)cc1)C(=O)N1CCS(=O)(=O)CC1. The molecule has 0 aliphatic carbocycles. The number of hydrogen-bond acceptors (Lipinski definition) is 7. The van der Waals surface area contributed by atoms with Crippen molar-refractivity contribution in [1.29, 1.82) is 0 Å². The van der Waals surface area contributed by atoms with Crippen LogP contribution in [0.5, 0.6) is 0 Å². The largest absolute Gasteiger partial charge is 0.340 e. The minimum atomic E-state index is -3.13. The van der Waals surface area contributed by atoms with Crippen LogP contribution in [0, 0.1) is 0 Å². The van der Waals surface area contributed by atoms with Crippen molar-refractivity contribution in [3.05, 3.63) is 48.3 Å². The highest BCUT2D eigenvalue weighted by atomic mass is 32.2. The van der Waals surface area contributed by atoms with Crippen LogP contribution in [-0.2, 0) is 19.4 Å². The standard InChI is InChI=1S/C20H22N4O5S/c25-12-1-3-17(20(27)24-10-13-30(28,29)14-11-24)23-19(26)16-6-4-15(5-7-16)18-21-8-2-9-22-18/h2,4-9,12,17H,1,3,10-11,13-14H2,(H,23,26)/t17-/m0/s1. The molecule has 3 rings (SSSR count). The van der Waals surface area contributed by atoms with Gasteiger partial charge in [-0.15, -0.1) is 0 Å². The lowest BCUT2D eigenvalue weighted by molar-refractivity contribution is -0.133. The van der Waals surface area contributed by atoms with Crippen molar-refractivity contribution in [3.8, 4) is 11.4 Å². The first-order chi connectivity index (χ1) is 14.4. The van der Waals surface area contributed by atoms with Gasteiger partial charge in [-0.05, 0) is 24.6 Å². The molecule has 1 aromatic carbocycles. The number of sulfone groups is 1. The molecule has 10 heteroatoms. The summed E-state index contributed by atoms with van der Waals surface area (Å²) in [6, 6.07) is 7.44. The van der Waals surface area contributed by atoms with E-state index in [-0.39, 0.29) is 43.3 Å². The van der Waals surface area contributed by atoms with Crippen molar-refractivity contribution in [2.24, 2.45) is 0 Å². The molecule has 2 heterocycles. The van der Waals surface area contributed by atoms with Crippen LogP contribution in [0.4, 0.5) is 0 Å². The Morgan fingerprint density at radius 2 is 1.73 bits per heavy atom. The van der Waals surface area contributed by atoms with Crippen LogP contribution in [0.1, 0.15) is 23.2 Å². The highest BCUT2D eigenvalue weighted by molar-refractivity contribution is 7.91. The van der Waals surface area contributed by atoms with Crippen molar-refractivity contribution < 1.29 is 22.8 Å². The maximum absolute atomic E-state index is 12.8. The van der Waals surface area contributed by atoms with Crippen LogP contribution in [0.3, 0.4) is 0 Å². The number of carbonyl (C=O) groups is 3. The first-order valence-electron chi connectivity index (χ1n) is 9.51. The van der Waals surface area contributed by atoms with Crippen LogP contribution in [0.2, 0.25) is 0 Å². The zero-order valence-corrected chi connectivity index (χ0v) is 17.0. The van der Waals surface area contributed by atoms with E-state index in [1.165, 1.54) is 4.90 Å². The Hall–Kier alpha value is -3.14.